The Hall–Kier alpha value is -4.70. The number of para-hydroxylation sites is 1. The van der Waals surface area contributed by atoms with Gasteiger partial charge in [0.15, 0.2) is 11.6 Å². The summed E-state index contributed by atoms with van der Waals surface area (Å²) in [5.74, 6) is -0.241. The van der Waals surface area contributed by atoms with Gasteiger partial charge in [0.05, 0.1) is 42.6 Å². The lowest BCUT2D eigenvalue weighted by atomic mass is 10.1. The number of aromatic amines is 1. The van der Waals surface area contributed by atoms with Crippen molar-refractivity contribution in [1.82, 2.24) is 19.7 Å². The zero-order valence-electron chi connectivity index (χ0n) is 21.6. The zero-order chi connectivity index (χ0) is 27.1. The number of aryl methyl sites for hydroxylation is 2. The molecule has 3 N–H and O–H groups in total. The van der Waals surface area contributed by atoms with Gasteiger partial charge in [-0.3, -0.25) is 4.79 Å². The predicted octanol–water partition coefficient (Wildman–Crippen LogP) is 4.95. The van der Waals surface area contributed by atoms with Crippen molar-refractivity contribution in [2.45, 2.75) is 13.8 Å². The van der Waals surface area contributed by atoms with Crippen molar-refractivity contribution in [3.63, 3.8) is 0 Å². The maximum absolute atomic E-state index is 14.0. The van der Waals surface area contributed by atoms with Crippen molar-refractivity contribution in [2.75, 3.05) is 36.9 Å². The Bertz CT molecular complexity index is 1700. The van der Waals surface area contributed by atoms with Gasteiger partial charge in [-0.1, -0.05) is 12.1 Å². The summed E-state index contributed by atoms with van der Waals surface area (Å²) in [6.45, 7) is 6.97. The first kappa shape index (κ1) is 24.6. The van der Waals surface area contributed by atoms with E-state index in [2.05, 4.69) is 39.0 Å². The monoisotopic (exact) mass is 526 g/mol. The van der Waals surface area contributed by atoms with Crippen LogP contribution in [0, 0.1) is 19.7 Å². The summed E-state index contributed by atoms with van der Waals surface area (Å²) >= 11 is 0. The van der Waals surface area contributed by atoms with Gasteiger partial charge in [-0.25, -0.2) is 14.1 Å². The Morgan fingerprint density at radius 1 is 1.05 bits per heavy atom. The number of carbonyl (C=O) groups is 1. The number of nitrogens with one attached hydrogen (secondary N) is 1. The highest BCUT2D eigenvalue weighted by Crippen LogP contribution is 2.30. The van der Waals surface area contributed by atoms with Gasteiger partial charge in [0.1, 0.15) is 5.82 Å². The molecule has 0 spiro atoms. The number of halogens is 1. The van der Waals surface area contributed by atoms with E-state index in [1.165, 1.54) is 29.2 Å². The van der Waals surface area contributed by atoms with Gasteiger partial charge in [-0.05, 0) is 55.3 Å². The fourth-order valence-corrected chi connectivity index (χ4v) is 4.86. The van der Waals surface area contributed by atoms with Crippen LogP contribution in [-0.2, 0) is 4.74 Å². The average Bonchev–Trinajstić information content (AvgIpc) is 3.53. The minimum Gasteiger partial charge on any atom is -0.436 e. The van der Waals surface area contributed by atoms with E-state index in [1.54, 1.807) is 18.2 Å². The number of carbonyl (C=O) groups excluding carboxylic acids is 1. The van der Waals surface area contributed by atoms with Crippen molar-refractivity contribution in [3.8, 4) is 17.3 Å². The highest BCUT2D eigenvalue weighted by molar-refractivity contribution is 6.12. The second-order valence-electron chi connectivity index (χ2n) is 9.53. The Kier molecular flexibility index (Phi) is 6.24. The SMILES string of the molecule is Cc1cc2cc(C(=O)c3cnn(-c4cnc(Oc5ccccc5F)cc4C)c3N)[nH]c2cc1N1CCOCC1. The topological polar surface area (TPSA) is 111 Å². The molecule has 10 heteroatoms. The van der Waals surface area contributed by atoms with Gasteiger partial charge in [0.25, 0.3) is 0 Å². The highest BCUT2D eigenvalue weighted by Gasteiger charge is 2.22. The average molecular weight is 527 g/mol. The summed E-state index contributed by atoms with van der Waals surface area (Å²) in [6, 6.07) is 13.8. The van der Waals surface area contributed by atoms with Crippen LogP contribution >= 0.6 is 0 Å². The number of H-pyrrole nitrogens is 1. The number of morpholine rings is 1. The van der Waals surface area contributed by atoms with Gasteiger partial charge in [-0.2, -0.15) is 5.10 Å². The molecule has 6 rings (SSSR count). The molecule has 1 saturated heterocycles. The van der Waals surface area contributed by atoms with Crippen molar-refractivity contribution < 1.29 is 18.7 Å². The number of nitrogen functional groups attached to an aromatic ring is 1. The molecule has 198 valence electrons. The number of ketones is 1. The Balaban J connectivity index is 1.27. The van der Waals surface area contributed by atoms with Gasteiger partial charge < -0.3 is 25.1 Å². The van der Waals surface area contributed by atoms with Crippen LogP contribution in [0.4, 0.5) is 15.9 Å². The summed E-state index contributed by atoms with van der Waals surface area (Å²) in [7, 11) is 0. The molecule has 1 aliphatic heterocycles. The first-order valence-electron chi connectivity index (χ1n) is 12.6. The molecule has 0 amide bonds. The minimum absolute atomic E-state index is 0.0780. The molecule has 0 aliphatic carbocycles. The van der Waals surface area contributed by atoms with Crippen molar-refractivity contribution >= 4 is 28.2 Å². The maximum Gasteiger partial charge on any atom is 0.219 e. The molecule has 3 aromatic heterocycles. The number of hydrogen-bond donors (Lipinski definition) is 2. The standard InChI is InChI=1S/C29H27FN6O3/c1-17-11-19-13-23(34-22(19)14-24(17)35-7-9-38-10-8-35)28(37)20-15-33-36(29(20)31)25-16-32-27(12-18(25)2)39-26-6-4-3-5-21(26)30/h3-6,11-16,34H,7-10,31H2,1-2H3. The smallest absolute Gasteiger partial charge is 0.219 e. The molecule has 0 unspecified atom stereocenters. The van der Waals surface area contributed by atoms with E-state index in [0.717, 1.165) is 40.8 Å². The Morgan fingerprint density at radius 3 is 2.59 bits per heavy atom. The molecule has 0 atom stereocenters. The van der Waals surface area contributed by atoms with Gasteiger partial charge >= 0.3 is 0 Å². The summed E-state index contributed by atoms with van der Waals surface area (Å²) < 4.78 is 26.5. The predicted molar refractivity (Wildman–Crippen MR) is 146 cm³/mol. The summed E-state index contributed by atoms with van der Waals surface area (Å²) in [4.78, 5) is 23.3. The van der Waals surface area contributed by atoms with E-state index >= 15 is 0 Å². The third-order valence-electron chi connectivity index (χ3n) is 6.92. The lowest BCUT2D eigenvalue weighted by Gasteiger charge is -2.30. The molecule has 1 fully saturated rings. The minimum atomic E-state index is -0.482. The van der Waals surface area contributed by atoms with Crippen LogP contribution in [0.5, 0.6) is 11.6 Å². The lowest BCUT2D eigenvalue weighted by molar-refractivity contribution is 0.103. The van der Waals surface area contributed by atoms with Crippen molar-refractivity contribution in [1.29, 1.82) is 0 Å². The Labute approximate surface area is 224 Å². The Morgan fingerprint density at radius 2 is 1.82 bits per heavy atom. The highest BCUT2D eigenvalue weighted by atomic mass is 19.1. The number of nitrogens with two attached hydrogens (primary N) is 1. The number of rotatable bonds is 6. The molecule has 9 nitrogen and oxygen atoms in total. The maximum atomic E-state index is 14.0. The molecule has 2 aromatic carbocycles. The molecule has 0 saturated carbocycles. The van der Waals surface area contributed by atoms with Crippen LogP contribution in [-0.4, -0.2) is 51.8 Å². The number of benzene rings is 2. The van der Waals surface area contributed by atoms with Crippen molar-refractivity contribution in [2.24, 2.45) is 0 Å². The summed E-state index contributed by atoms with van der Waals surface area (Å²) in [5, 5.41) is 5.31. The van der Waals surface area contributed by atoms with E-state index in [4.69, 9.17) is 15.2 Å². The van der Waals surface area contributed by atoms with Crippen molar-refractivity contribution in [3.05, 3.63) is 89.1 Å². The number of hydrogen-bond acceptors (Lipinski definition) is 7. The molecule has 1 aliphatic rings. The molecule has 0 radical (unpaired) electrons. The van der Waals surface area contributed by atoms with Crippen LogP contribution in [0.15, 0.2) is 60.9 Å². The fourth-order valence-electron chi connectivity index (χ4n) is 4.86. The van der Waals surface area contributed by atoms with Crippen LogP contribution in [0.1, 0.15) is 27.2 Å². The first-order chi connectivity index (χ1) is 18.9. The third-order valence-corrected chi connectivity index (χ3v) is 6.92. The quantitative estimate of drug-likeness (QED) is 0.301. The molecular weight excluding hydrogens is 499 g/mol. The van der Waals surface area contributed by atoms with E-state index in [0.29, 0.717) is 24.6 Å². The molecule has 39 heavy (non-hydrogen) atoms. The van der Waals surface area contributed by atoms with Gasteiger partial charge in [0, 0.05) is 35.7 Å². The van der Waals surface area contributed by atoms with Crippen LogP contribution in [0.25, 0.3) is 16.6 Å². The van der Waals surface area contributed by atoms with Gasteiger partial charge in [-0.15, -0.1) is 0 Å². The second kappa shape index (κ2) is 9.88. The summed E-state index contributed by atoms with van der Waals surface area (Å²) in [5.41, 5.74) is 11.6. The van der Waals surface area contributed by atoms with E-state index in [1.807, 2.05) is 13.0 Å². The number of fused-ring (bicyclic) bond motifs is 1. The van der Waals surface area contributed by atoms with Crippen LogP contribution < -0.4 is 15.4 Å². The zero-order valence-corrected chi connectivity index (χ0v) is 21.6. The number of ether oxygens (including phenoxy) is 2. The van der Waals surface area contributed by atoms with Crippen LogP contribution in [0.2, 0.25) is 0 Å². The normalized spacial score (nSPS) is 13.7. The second-order valence-corrected chi connectivity index (χ2v) is 9.53. The largest absolute Gasteiger partial charge is 0.436 e. The van der Waals surface area contributed by atoms with E-state index in [9.17, 15) is 9.18 Å². The number of nitrogens with zero attached hydrogens (tertiary/aromatic N) is 4. The summed E-state index contributed by atoms with van der Waals surface area (Å²) in [6.07, 6.45) is 2.98. The van der Waals surface area contributed by atoms with E-state index in [-0.39, 0.29) is 28.8 Å². The third kappa shape index (κ3) is 4.59. The molecule has 5 aromatic rings. The number of pyridine rings is 1. The van der Waals surface area contributed by atoms with Gasteiger partial charge in [0.2, 0.25) is 11.7 Å². The molecular formula is C29H27FN6O3. The number of aromatic nitrogens is 4. The van der Waals surface area contributed by atoms with E-state index < -0.39 is 5.82 Å². The fraction of sp³-hybridized carbons (Fsp3) is 0.207. The first-order valence-corrected chi connectivity index (χ1v) is 12.6. The number of anilines is 2. The van der Waals surface area contributed by atoms with Crippen LogP contribution in [0.3, 0.4) is 0 Å². The molecule has 4 heterocycles. The molecule has 0 bridgehead atoms. The lowest BCUT2D eigenvalue weighted by Crippen LogP contribution is -2.36.